The number of ether oxygens (including phenoxy) is 1. The first-order chi connectivity index (χ1) is 16.2. The minimum absolute atomic E-state index is 0.0879. The predicted molar refractivity (Wildman–Crippen MR) is 131 cm³/mol. The summed E-state index contributed by atoms with van der Waals surface area (Å²) in [6.45, 7) is 5.64. The molecule has 5 nitrogen and oxygen atoms in total. The molecule has 33 heavy (non-hydrogen) atoms. The van der Waals surface area contributed by atoms with Gasteiger partial charge < -0.3 is 9.84 Å². The molecule has 0 unspecified atom stereocenters. The van der Waals surface area contributed by atoms with Crippen LogP contribution in [0.3, 0.4) is 0 Å². The Kier molecular flexibility index (Phi) is 5.94. The first-order valence-electron chi connectivity index (χ1n) is 10.7. The number of nitrogens with zero attached hydrogens (tertiary/aromatic N) is 3. The molecule has 0 saturated heterocycles. The lowest BCUT2D eigenvalue weighted by atomic mass is 9.99. The summed E-state index contributed by atoms with van der Waals surface area (Å²) in [5.74, 6) is 2.64. The van der Waals surface area contributed by atoms with Crippen LogP contribution in [0.25, 0.3) is 17.5 Å². The van der Waals surface area contributed by atoms with E-state index in [4.69, 9.17) is 14.7 Å². The van der Waals surface area contributed by atoms with Gasteiger partial charge in [-0.3, -0.25) is 4.98 Å². The summed E-state index contributed by atoms with van der Waals surface area (Å²) in [5, 5.41) is 10.7. The van der Waals surface area contributed by atoms with Crippen LogP contribution >= 0.6 is 11.8 Å². The van der Waals surface area contributed by atoms with E-state index in [9.17, 15) is 5.11 Å². The van der Waals surface area contributed by atoms with Crippen molar-refractivity contribution in [3.63, 3.8) is 0 Å². The molecule has 5 rings (SSSR count). The van der Waals surface area contributed by atoms with Gasteiger partial charge in [-0.15, -0.1) is 11.8 Å². The highest BCUT2D eigenvalue weighted by atomic mass is 32.2. The van der Waals surface area contributed by atoms with Crippen molar-refractivity contribution in [1.29, 1.82) is 0 Å². The van der Waals surface area contributed by atoms with Crippen LogP contribution in [0.2, 0.25) is 0 Å². The number of hydrogen-bond acceptors (Lipinski definition) is 6. The SMILES string of the molecule is C=Cc1ccc(CSc2nc(-c3ccccc3)nc3c2Cc2c(CO)cnc(C)c2O3)cc1. The van der Waals surface area contributed by atoms with Crippen molar-refractivity contribution in [2.24, 2.45) is 0 Å². The maximum absolute atomic E-state index is 9.85. The molecule has 4 aromatic rings. The number of aromatic nitrogens is 3. The second kappa shape index (κ2) is 9.17. The zero-order valence-corrected chi connectivity index (χ0v) is 19.1. The number of pyridine rings is 1. The van der Waals surface area contributed by atoms with Crippen molar-refractivity contribution in [2.75, 3.05) is 0 Å². The van der Waals surface area contributed by atoms with Gasteiger partial charge in [-0.2, -0.15) is 4.98 Å². The van der Waals surface area contributed by atoms with E-state index < -0.39 is 0 Å². The fraction of sp³-hybridized carbons (Fsp3) is 0.148. The second-order valence-corrected chi connectivity index (χ2v) is 8.81. The molecule has 3 heterocycles. The molecule has 0 amide bonds. The maximum Gasteiger partial charge on any atom is 0.227 e. The molecule has 0 bridgehead atoms. The predicted octanol–water partition coefficient (Wildman–Crippen LogP) is 5.97. The molecule has 2 aromatic heterocycles. The van der Waals surface area contributed by atoms with Gasteiger partial charge in [0, 0.05) is 35.1 Å². The lowest BCUT2D eigenvalue weighted by Gasteiger charge is -2.24. The van der Waals surface area contributed by atoms with E-state index >= 15 is 0 Å². The quantitative estimate of drug-likeness (QED) is 0.252. The van der Waals surface area contributed by atoms with E-state index in [1.54, 1.807) is 18.0 Å². The van der Waals surface area contributed by atoms with Crippen molar-refractivity contribution < 1.29 is 9.84 Å². The molecule has 0 radical (unpaired) electrons. The highest BCUT2D eigenvalue weighted by Gasteiger charge is 2.27. The molecular formula is C27H23N3O2S. The summed E-state index contributed by atoms with van der Waals surface area (Å²) in [5.41, 5.74) is 6.67. The smallest absolute Gasteiger partial charge is 0.227 e. The minimum atomic E-state index is -0.0879. The molecule has 2 aromatic carbocycles. The van der Waals surface area contributed by atoms with Gasteiger partial charge in [-0.1, -0.05) is 67.3 Å². The van der Waals surface area contributed by atoms with Gasteiger partial charge in [0.05, 0.1) is 17.9 Å². The third-order valence-corrected chi connectivity index (χ3v) is 6.77. The number of aryl methyl sites for hydroxylation is 1. The van der Waals surface area contributed by atoms with Crippen molar-refractivity contribution >= 4 is 17.8 Å². The number of fused-ring (bicyclic) bond motifs is 2. The van der Waals surface area contributed by atoms with Gasteiger partial charge in [0.15, 0.2) is 11.6 Å². The van der Waals surface area contributed by atoms with E-state index in [1.807, 2.05) is 43.3 Å². The fourth-order valence-corrected chi connectivity index (χ4v) is 4.81. The van der Waals surface area contributed by atoms with E-state index in [0.29, 0.717) is 23.9 Å². The summed E-state index contributed by atoms with van der Waals surface area (Å²) in [4.78, 5) is 14.1. The van der Waals surface area contributed by atoms with Crippen molar-refractivity contribution in [3.8, 4) is 23.0 Å². The first kappa shape index (κ1) is 21.4. The summed E-state index contributed by atoms with van der Waals surface area (Å²) >= 11 is 1.67. The van der Waals surface area contributed by atoms with Crippen molar-refractivity contribution in [3.05, 3.63) is 101 Å². The van der Waals surface area contributed by atoms with Crippen LogP contribution in [0.15, 0.2) is 72.4 Å². The highest BCUT2D eigenvalue weighted by molar-refractivity contribution is 7.98. The molecule has 0 saturated carbocycles. The van der Waals surface area contributed by atoms with E-state index in [0.717, 1.165) is 44.3 Å². The number of rotatable bonds is 6. The second-order valence-electron chi connectivity index (χ2n) is 7.85. The minimum Gasteiger partial charge on any atom is -0.436 e. The van der Waals surface area contributed by atoms with Crippen molar-refractivity contribution in [2.45, 2.75) is 30.7 Å². The van der Waals surface area contributed by atoms with Gasteiger partial charge in [-0.25, -0.2) is 4.98 Å². The van der Waals surface area contributed by atoms with Crippen LogP contribution in [-0.2, 0) is 18.8 Å². The van der Waals surface area contributed by atoms with Crippen LogP contribution in [-0.4, -0.2) is 20.1 Å². The third-order valence-electron chi connectivity index (χ3n) is 5.68. The van der Waals surface area contributed by atoms with Crippen LogP contribution in [0.5, 0.6) is 11.6 Å². The number of aliphatic hydroxyl groups excluding tert-OH is 1. The average molecular weight is 454 g/mol. The van der Waals surface area contributed by atoms with E-state index in [2.05, 4.69) is 35.8 Å². The summed E-state index contributed by atoms with van der Waals surface area (Å²) in [7, 11) is 0. The molecular weight excluding hydrogens is 430 g/mol. The standard InChI is InChI=1S/C27H23N3O2S/c1-3-18-9-11-19(12-10-18)16-33-27-23-13-22-21(15-31)14-28-17(2)24(22)32-26(23)29-25(30-27)20-7-5-4-6-8-20/h3-12,14,31H,1,13,15-16H2,2H3. The van der Waals surface area contributed by atoms with Crippen LogP contribution in [0, 0.1) is 6.92 Å². The Balaban J connectivity index is 1.56. The summed E-state index contributed by atoms with van der Waals surface area (Å²) in [6, 6.07) is 18.3. The Morgan fingerprint density at radius 2 is 1.85 bits per heavy atom. The molecule has 0 atom stereocenters. The lowest BCUT2D eigenvalue weighted by molar-refractivity contribution is 0.278. The zero-order valence-electron chi connectivity index (χ0n) is 18.3. The number of hydrogen-bond donors (Lipinski definition) is 1. The topological polar surface area (TPSA) is 68.1 Å². The molecule has 164 valence electrons. The van der Waals surface area contributed by atoms with Gasteiger partial charge in [0.2, 0.25) is 5.88 Å². The van der Waals surface area contributed by atoms with E-state index in [-0.39, 0.29) is 6.61 Å². The largest absolute Gasteiger partial charge is 0.436 e. The zero-order chi connectivity index (χ0) is 22.8. The highest BCUT2D eigenvalue weighted by Crippen LogP contribution is 2.43. The van der Waals surface area contributed by atoms with Gasteiger partial charge in [0.25, 0.3) is 0 Å². The average Bonchev–Trinajstić information content (AvgIpc) is 2.87. The Hall–Kier alpha value is -3.48. The Morgan fingerprint density at radius 1 is 1.06 bits per heavy atom. The van der Waals surface area contributed by atoms with Gasteiger partial charge >= 0.3 is 0 Å². The van der Waals surface area contributed by atoms with Gasteiger partial charge in [0.1, 0.15) is 5.03 Å². The Morgan fingerprint density at radius 3 is 2.58 bits per heavy atom. The number of benzene rings is 2. The van der Waals surface area contributed by atoms with Crippen LogP contribution < -0.4 is 4.74 Å². The molecule has 0 aliphatic carbocycles. The molecule has 0 fully saturated rings. The summed E-state index contributed by atoms with van der Waals surface area (Å²) in [6.07, 6.45) is 4.15. The fourth-order valence-electron chi connectivity index (χ4n) is 3.83. The van der Waals surface area contributed by atoms with Crippen LogP contribution in [0.4, 0.5) is 0 Å². The first-order valence-corrected chi connectivity index (χ1v) is 11.7. The Bertz CT molecular complexity index is 1320. The van der Waals surface area contributed by atoms with E-state index in [1.165, 1.54) is 5.56 Å². The monoisotopic (exact) mass is 453 g/mol. The molecule has 1 aliphatic rings. The molecule has 0 spiro atoms. The summed E-state index contributed by atoms with van der Waals surface area (Å²) < 4.78 is 6.29. The maximum atomic E-state index is 9.85. The van der Waals surface area contributed by atoms with Crippen LogP contribution in [0.1, 0.15) is 33.5 Å². The number of aliphatic hydroxyl groups is 1. The molecule has 6 heteroatoms. The Labute approximate surface area is 197 Å². The normalized spacial score (nSPS) is 11.9. The van der Waals surface area contributed by atoms with Gasteiger partial charge in [-0.05, 0) is 18.1 Å². The molecule has 1 N–H and O–H groups in total. The number of thioether (sulfide) groups is 1. The lowest BCUT2D eigenvalue weighted by Crippen LogP contribution is -2.13. The molecule has 1 aliphatic heterocycles. The third kappa shape index (κ3) is 4.27. The van der Waals surface area contributed by atoms with Crippen molar-refractivity contribution in [1.82, 2.24) is 15.0 Å².